The van der Waals surface area contributed by atoms with Crippen molar-refractivity contribution in [3.05, 3.63) is 28.0 Å². The zero-order chi connectivity index (χ0) is 12.4. The van der Waals surface area contributed by atoms with E-state index in [4.69, 9.17) is 4.42 Å². The lowest BCUT2D eigenvalue weighted by Crippen LogP contribution is -2.17. The normalized spacial score (nSPS) is 15.2. The van der Waals surface area contributed by atoms with E-state index in [0.29, 0.717) is 0 Å². The zero-order valence-corrected chi connectivity index (χ0v) is 12.4. The lowest BCUT2D eigenvalue weighted by Gasteiger charge is -1.99. The summed E-state index contributed by atoms with van der Waals surface area (Å²) in [6, 6.07) is 2.81. The van der Waals surface area contributed by atoms with Gasteiger partial charge in [-0.15, -0.1) is 11.3 Å². The second kappa shape index (κ2) is 5.55. The highest BCUT2D eigenvalue weighted by molar-refractivity contribution is 9.10. The summed E-state index contributed by atoms with van der Waals surface area (Å²) in [7, 11) is 0. The average molecular weight is 327 g/mol. The third kappa shape index (κ3) is 3.02. The predicted molar refractivity (Wildman–Crippen MR) is 76.9 cm³/mol. The average Bonchev–Trinajstić information content (AvgIpc) is 2.90. The molecule has 96 valence electrons. The molecule has 2 aromatic rings. The molecule has 18 heavy (non-hydrogen) atoms. The van der Waals surface area contributed by atoms with E-state index in [-0.39, 0.29) is 0 Å². The largest absolute Gasteiger partial charge is 0.440 e. The van der Waals surface area contributed by atoms with Crippen LogP contribution in [0.3, 0.4) is 0 Å². The fraction of sp³-hybridized carbons (Fsp3) is 0.462. The van der Waals surface area contributed by atoms with E-state index in [1.54, 1.807) is 11.3 Å². The number of halogens is 1. The van der Waals surface area contributed by atoms with Crippen LogP contribution < -0.4 is 5.32 Å². The number of aromatic nitrogens is 1. The van der Waals surface area contributed by atoms with Gasteiger partial charge in [-0.1, -0.05) is 0 Å². The van der Waals surface area contributed by atoms with Gasteiger partial charge in [-0.05, 0) is 53.2 Å². The van der Waals surface area contributed by atoms with Crippen LogP contribution in [0.4, 0.5) is 0 Å². The molecule has 0 bridgehead atoms. The highest BCUT2D eigenvalue weighted by Gasteiger charge is 2.19. The Morgan fingerprint density at radius 1 is 1.50 bits per heavy atom. The summed E-state index contributed by atoms with van der Waals surface area (Å²) in [5.74, 6) is 1.70. The van der Waals surface area contributed by atoms with E-state index in [1.807, 2.05) is 17.6 Å². The van der Waals surface area contributed by atoms with Crippen molar-refractivity contribution in [3.63, 3.8) is 0 Å². The Kier molecular flexibility index (Phi) is 3.82. The predicted octanol–water partition coefficient (Wildman–Crippen LogP) is 3.85. The Morgan fingerprint density at radius 3 is 3.11 bits per heavy atom. The number of hydrogen-bond donors (Lipinski definition) is 1. The first-order valence-electron chi connectivity index (χ1n) is 6.24. The summed E-state index contributed by atoms with van der Waals surface area (Å²) in [5, 5.41) is 5.54. The van der Waals surface area contributed by atoms with Crippen molar-refractivity contribution in [2.45, 2.75) is 31.7 Å². The fourth-order valence-corrected chi connectivity index (χ4v) is 3.35. The number of aryl methyl sites for hydroxylation is 1. The molecular weight excluding hydrogens is 312 g/mol. The fourth-order valence-electron chi connectivity index (χ4n) is 1.83. The van der Waals surface area contributed by atoms with Gasteiger partial charge in [0.15, 0.2) is 11.7 Å². The van der Waals surface area contributed by atoms with Crippen molar-refractivity contribution in [1.82, 2.24) is 10.3 Å². The molecular formula is C13H15BrN2OS. The van der Waals surface area contributed by atoms with Gasteiger partial charge in [0.05, 0.1) is 11.1 Å². The molecule has 0 aliphatic heterocycles. The molecule has 1 aliphatic carbocycles. The first-order chi connectivity index (χ1) is 8.83. The minimum Gasteiger partial charge on any atom is -0.440 e. The lowest BCUT2D eigenvalue weighted by molar-refractivity contribution is 0.492. The van der Waals surface area contributed by atoms with Gasteiger partial charge in [0.2, 0.25) is 0 Å². The molecule has 1 aliphatic rings. The molecule has 5 heteroatoms. The summed E-state index contributed by atoms with van der Waals surface area (Å²) < 4.78 is 6.85. The van der Waals surface area contributed by atoms with Gasteiger partial charge in [0.1, 0.15) is 0 Å². The molecule has 0 radical (unpaired) electrons. The van der Waals surface area contributed by atoms with Crippen molar-refractivity contribution < 1.29 is 4.42 Å². The smallest absolute Gasteiger partial charge is 0.194 e. The second-order valence-corrected chi connectivity index (χ2v) is 6.32. The number of rotatable bonds is 6. The van der Waals surface area contributed by atoms with E-state index in [2.05, 4.69) is 26.2 Å². The molecule has 3 rings (SSSR count). The summed E-state index contributed by atoms with van der Waals surface area (Å²) in [5.41, 5.74) is 0. The highest BCUT2D eigenvalue weighted by Crippen LogP contribution is 2.33. The third-order valence-corrected chi connectivity index (χ3v) is 4.82. The quantitative estimate of drug-likeness (QED) is 0.819. The second-order valence-electron chi connectivity index (χ2n) is 4.55. The first kappa shape index (κ1) is 12.4. The van der Waals surface area contributed by atoms with Gasteiger partial charge in [0.25, 0.3) is 0 Å². The van der Waals surface area contributed by atoms with Crippen LogP contribution >= 0.6 is 27.3 Å². The Labute approximate surface area is 119 Å². The van der Waals surface area contributed by atoms with Crippen LogP contribution in [-0.4, -0.2) is 17.6 Å². The molecule has 0 aromatic carbocycles. The lowest BCUT2D eigenvalue weighted by atomic mass is 10.3. The SMILES string of the molecule is Brc1ccsc1-c1cnc(CCCNC2CC2)o1. The van der Waals surface area contributed by atoms with Crippen LogP contribution in [0, 0.1) is 0 Å². The topological polar surface area (TPSA) is 38.1 Å². The maximum atomic E-state index is 5.77. The first-order valence-corrected chi connectivity index (χ1v) is 7.91. The monoisotopic (exact) mass is 326 g/mol. The number of thiophene rings is 1. The van der Waals surface area contributed by atoms with Crippen molar-refractivity contribution in [2.75, 3.05) is 6.54 Å². The molecule has 1 saturated carbocycles. The summed E-state index contributed by atoms with van der Waals surface area (Å²) in [6.45, 7) is 1.06. The van der Waals surface area contributed by atoms with Crippen LogP contribution in [-0.2, 0) is 6.42 Å². The molecule has 1 fully saturated rings. The maximum Gasteiger partial charge on any atom is 0.194 e. The molecule has 0 unspecified atom stereocenters. The van der Waals surface area contributed by atoms with Gasteiger partial charge < -0.3 is 9.73 Å². The van der Waals surface area contributed by atoms with E-state index in [0.717, 1.165) is 46.4 Å². The van der Waals surface area contributed by atoms with E-state index >= 15 is 0 Å². The Morgan fingerprint density at radius 2 is 2.39 bits per heavy atom. The summed E-state index contributed by atoms with van der Waals surface area (Å²) in [6.07, 6.45) is 6.50. The number of nitrogens with one attached hydrogen (secondary N) is 1. The highest BCUT2D eigenvalue weighted by atomic mass is 79.9. The molecule has 2 heterocycles. The Bertz CT molecular complexity index is 519. The van der Waals surface area contributed by atoms with Crippen LogP contribution in [0.25, 0.3) is 10.6 Å². The van der Waals surface area contributed by atoms with Crippen LogP contribution in [0.1, 0.15) is 25.2 Å². The van der Waals surface area contributed by atoms with Gasteiger partial charge in [-0.25, -0.2) is 4.98 Å². The van der Waals surface area contributed by atoms with E-state index in [9.17, 15) is 0 Å². The van der Waals surface area contributed by atoms with Crippen LogP contribution in [0.5, 0.6) is 0 Å². The van der Waals surface area contributed by atoms with Crippen LogP contribution in [0.15, 0.2) is 26.5 Å². The summed E-state index contributed by atoms with van der Waals surface area (Å²) >= 11 is 5.18. The minimum atomic E-state index is 0.784. The molecule has 3 nitrogen and oxygen atoms in total. The van der Waals surface area contributed by atoms with Gasteiger partial charge in [0, 0.05) is 16.9 Å². The Balaban J connectivity index is 1.54. The van der Waals surface area contributed by atoms with Crippen LogP contribution in [0.2, 0.25) is 0 Å². The van der Waals surface area contributed by atoms with Gasteiger partial charge in [-0.2, -0.15) is 0 Å². The zero-order valence-electron chi connectivity index (χ0n) is 9.99. The molecule has 0 spiro atoms. The summed E-state index contributed by atoms with van der Waals surface area (Å²) in [4.78, 5) is 5.45. The molecule has 0 saturated heterocycles. The number of hydrogen-bond acceptors (Lipinski definition) is 4. The van der Waals surface area contributed by atoms with E-state index in [1.165, 1.54) is 12.8 Å². The van der Waals surface area contributed by atoms with Gasteiger partial charge >= 0.3 is 0 Å². The maximum absolute atomic E-state index is 5.77. The number of nitrogens with zero attached hydrogens (tertiary/aromatic N) is 1. The molecule has 1 N–H and O–H groups in total. The Hall–Kier alpha value is -0.650. The minimum absolute atomic E-state index is 0.784. The molecule has 0 amide bonds. The standard InChI is InChI=1S/C13H15BrN2OS/c14-10-5-7-18-13(10)11-8-16-12(17-11)2-1-6-15-9-3-4-9/h5,7-9,15H,1-4,6H2. The van der Waals surface area contributed by atoms with Gasteiger partial charge in [-0.3, -0.25) is 0 Å². The van der Waals surface area contributed by atoms with Crippen molar-refractivity contribution in [3.8, 4) is 10.6 Å². The van der Waals surface area contributed by atoms with Crippen molar-refractivity contribution >= 4 is 27.3 Å². The molecule has 2 aromatic heterocycles. The van der Waals surface area contributed by atoms with E-state index < -0.39 is 0 Å². The third-order valence-electron chi connectivity index (χ3n) is 2.97. The van der Waals surface area contributed by atoms with Crippen molar-refractivity contribution in [2.24, 2.45) is 0 Å². The molecule has 0 atom stereocenters. The number of oxazole rings is 1. The van der Waals surface area contributed by atoms with Crippen molar-refractivity contribution in [1.29, 1.82) is 0 Å².